The van der Waals surface area contributed by atoms with E-state index < -0.39 is 15.6 Å². The smallest absolute Gasteiger partial charge is 0.243 e. The second kappa shape index (κ2) is 10.7. The summed E-state index contributed by atoms with van der Waals surface area (Å²) in [7, 11) is -2.03. The number of nitriles is 1. The molecule has 1 amide bonds. The van der Waals surface area contributed by atoms with Gasteiger partial charge in [-0.3, -0.25) is 4.79 Å². The number of ether oxygens (including phenoxy) is 2. The molecule has 0 spiro atoms. The summed E-state index contributed by atoms with van der Waals surface area (Å²) in [6, 6.07) is 7.00. The third-order valence-corrected chi connectivity index (χ3v) is 8.15. The molecule has 1 saturated carbocycles. The molecule has 2 fully saturated rings. The fourth-order valence-corrected chi connectivity index (χ4v) is 5.72. The van der Waals surface area contributed by atoms with Gasteiger partial charge in [0.25, 0.3) is 0 Å². The zero-order valence-electron chi connectivity index (χ0n) is 19.7. The lowest BCUT2D eigenvalue weighted by molar-refractivity contribution is -0.132. The molecule has 0 radical (unpaired) electrons. The van der Waals surface area contributed by atoms with E-state index in [1.807, 2.05) is 13.8 Å². The Morgan fingerprint density at radius 1 is 1.27 bits per heavy atom. The second-order valence-electron chi connectivity index (χ2n) is 8.85. The Kier molecular flexibility index (Phi) is 8.21. The van der Waals surface area contributed by atoms with E-state index in [-0.39, 0.29) is 23.5 Å². The van der Waals surface area contributed by atoms with E-state index in [1.165, 1.54) is 21.3 Å². The van der Waals surface area contributed by atoms with E-state index in [1.54, 1.807) is 13.1 Å². The summed E-state index contributed by atoms with van der Waals surface area (Å²) in [4.78, 5) is 14.6. The third-order valence-electron chi connectivity index (χ3n) is 6.26. The van der Waals surface area contributed by atoms with Gasteiger partial charge in [0.15, 0.2) is 0 Å². The molecule has 1 aliphatic carbocycles. The number of hydrogen-bond acceptors (Lipinski definition) is 7. The Hall–Kier alpha value is -2.35. The summed E-state index contributed by atoms with van der Waals surface area (Å²) in [6.45, 7) is 5.00. The molecule has 1 aliphatic heterocycles. The number of likely N-dealkylation sites (N-methyl/N-ethyl adjacent to an activating group) is 1. The fourth-order valence-electron chi connectivity index (χ4n) is 4.29. The minimum absolute atomic E-state index is 0.0740. The summed E-state index contributed by atoms with van der Waals surface area (Å²) in [5, 5.41) is 12.8. The van der Waals surface area contributed by atoms with Crippen LogP contribution in [0.4, 0.5) is 5.69 Å². The van der Waals surface area contributed by atoms with Crippen molar-refractivity contribution in [1.82, 2.24) is 9.21 Å². The molecule has 0 aromatic heterocycles. The molecule has 1 N–H and O–H groups in total. The predicted octanol–water partition coefficient (Wildman–Crippen LogP) is 2.59. The summed E-state index contributed by atoms with van der Waals surface area (Å²) in [6.07, 6.45) is 4.12. The largest absolute Gasteiger partial charge is 0.489 e. The van der Waals surface area contributed by atoms with Crippen molar-refractivity contribution in [2.24, 2.45) is 0 Å². The van der Waals surface area contributed by atoms with Crippen LogP contribution in [0.2, 0.25) is 0 Å². The van der Waals surface area contributed by atoms with Gasteiger partial charge in [-0.15, -0.1) is 0 Å². The number of morpholine rings is 1. The van der Waals surface area contributed by atoms with Crippen LogP contribution in [-0.4, -0.2) is 75.1 Å². The summed E-state index contributed by atoms with van der Waals surface area (Å²) in [5.74, 6) is 0.240. The van der Waals surface area contributed by atoms with Crippen LogP contribution in [-0.2, 0) is 19.6 Å². The standard InChI is InChI=1S/C23H34N4O5S/c1-18(2)32-21-8-7-19(33(29,30)27-11-13-31-14-12-27)15-20(21)25-16-22(28)26(3)23(17-24)9-5-4-6-10-23/h7-8,15,18,25H,4-6,9-14,16H2,1-3H3. The van der Waals surface area contributed by atoms with Crippen LogP contribution in [0.15, 0.2) is 23.1 Å². The van der Waals surface area contributed by atoms with Gasteiger partial charge in [0, 0.05) is 20.1 Å². The van der Waals surface area contributed by atoms with E-state index in [0.717, 1.165) is 19.3 Å². The van der Waals surface area contributed by atoms with Gasteiger partial charge in [-0.25, -0.2) is 8.42 Å². The van der Waals surface area contributed by atoms with Gasteiger partial charge < -0.3 is 19.7 Å². The normalized spacial score (nSPS) is 19.0. The predicted molar refractivity (Wildman–Crippen MR) is 124 cm³/mol. The van der Waals surface area contributed by atoms with E-state index >= 15 is 0 Å². The van der Waals surface area contributed by atoms with Crippen molar-refractivity contribution >= 4 is 21.6 Å². The molecule has 0 atom stereocenters. The van der Waals surface area contributed by atoms with Gasteiger partial charge in [-0.05, 0) is 44.9 Å². The molecule has 10 heteroatoms. The fraction of sp³-hybridized carbons (Fsp3) is 0.652. The highest BCUT2D eigenvalue weighted by Gasteiger charge is 2.38. The number of amides is 1. The van der Waals surface area contributed by atoms with E-state index in [4.69, 9.17) is 9.47 Å². The van der Waals surface area contributed by atoms with E-state index in [9.17, 15) is 18.5 Å². The number of hydrogen-bond donors (Lipinski definition) is 1. The number of rotatable bonds is 8. The van der Waals surface area contributed by atoms with Crippen LogP contribution in [0.1, 0.15) is 46.0 Å². The number of benzene rings is 1. The number of nitrogens with one attached hydrogen (secondary N) is 1. The van der Waals surface area contributed by atoms with Crippen LogP contribution >= 0.6 is 0 Å². The lowest BCUT2D eigenvalue weighted by Gasteiger charge is -2.39. The molecule has 9 nitrogen and oxygen atoms in total. The third kappa shape index (κ3) is 5.78. The first-order chi connectivity index (χ1) is 15.7. The van der Waals surface area contributed by atoms with Crippen molar-refractivity contribution in [2.45, 2.75) is 62.5 Å². The zero-order chi connectivity index (χ0) is 24.1. The molecule has 1 aromatic carbocycles. The molecular formula is C23H34N4O5S. The van der Waals surface area contributed by atoms with Gasteiger partial charge in [-0.2, -0.15) is 9.57 Å². The van der Waals surface area contributed by atoms with Crippen LogP contribution in [0.5, 0.6) is 5.75 Å². The Balaban J connectivity index is 1.80. The average molecular weight is 479 g/mol. The quantitative estimate of drug-likeness (QED) is 0.611. The summed E-state index contributed by atoms with van der Waals surface area (Å²) >= 11 is 0. The molecule has 1 aromatic rings. The Labute approximate surface area is 196 Å². The number of nitrogens with zero attached hydrogens (tertiary/aromatic N) is 3. The van der Waals surface area contributed by atoms with Crippen molar-refractivity contribution in [3.8, 4) is 11.8 Å². The number of sulfonamides is 1. The van der Waals surface area contributed by atoms with Crippen LogP contribution in [0.25, 0.3) is 0 Å². The Morgan fingerprint density at radius 2 is 1.94 bits per heavy atom. The second-order valence-corrected chi connectivity index (χ2v) is 10.8. The topological polar surface area (TPSA) is 112 Å². The van der Waals surface area contributed by atoms with Crippen LogP contribution in [0, 0.1) is 11.3 Å². The van der Waals surface area contributed by atoms with Gasteiger partial charge in [-0.1, -0.05) is 19.3 Å². The summed E-state index contributed by atoms with van der Waals surface area (Å²) < 4.78 is 38.7. The molecular weight excluding hydrogens is 444 g/mol. The number of anilines is 1. The number of carbonyl (C=O) groups excluding carboxylic acids is 1. The van der Waals surface area contributed by atoms with Crippen molar-refractivity contribution < 1.29 is 22.7 Å². The Bertz CT molecular complexity index is 977. The molecule has 182 valence electrons. The van der Waals surface area contributed by atoms with Crippen molar-refractivity contribution in [2.75, 3.05) is 45.2 Å². The Morgan fingerprint density at radius 3 is 2.55 bits per heavy atom. The van der Waals surface area contributed by atoms with Crippen molar-refractivity contribution in [3.05, 3.63) is 18.2 Å². The lowest BCUT2D eigenvalue weighted by atomic mass is 9.81. The van der Waals surface area contributed by atoms with Crippen molar-refractivity contribution in [1.29, 1.82) is 5.26 Å². The minimum atomic E-state index is -3.70. The highest BCUT2D eigenvalue weighted by molar-refractivity contribution is 7.89. The molecule has 33 heavy (non-hydrogen) atoms. The molecule has 1 heterocycles. The van der Waals surface area contributed by atoms with E-state index in [2.05, 4.69) is 11.4 Å². The van der Waals surface area contributed by atoms with Gasteiger partial charge >= 0.3 is 0 Å². The molecule has 2 aliphatic rings. The van der Waals surface area contributed by atoms with Gasteiger partial charge in [0.05, 0.1) is 42.5 Å². The summed E-state index contributed by atoms with van der Waals surface area (Å²) in [5.41, 5.74) is -0.357. The maximum absolute atomic E-state index is 13.1. The monoisotopic (exact) mass is 478 g/mol. The SMILES string of the molecule is CC(C)Oc1ccc(S(=O)(=O)N2CCOCC2)cc1NCC(=O)N(C)C1(C#N)CCCCC1. The maximum atomic E-state index is 13.1. The highest BCUT2D eigenvalue weighted by Crippen LogP contribution is 2.33. The van der Waals surface area contributed by atoms with Gasteiger partial charge in [0.2, 0.25) is 15.9 Å². The van der Waals surface area contributed by atoms with Crippen molar-refractivity contribution in [3.63, 3.8) is 0 Å². The van der Waals surface area contributed by atoms with Gasteiger partial charge in [0.1, 0.15) is 11.3 Å². The molecule has 3 rings (SSSR count). The maximum Gasteiger partial charge on any atom is 0.243 e. The number of carbonyl (C=O) groups is 1. The first-order valence-electron chi connectivity index (χ1n) is 11.5. The highest BCUT2D eigenvalue weighted by atomic mass is 32.2. The minimum Gasteiger partial charge on any atom is -0.489 e. The van der Waals surface area contributed by atoms with Crippen LogP contribution < -0.4 is 10.1 Å². The first-order valence-corrected chi connectivity index (χ1v) is 12.9. The zero-order valence-corrected chi connectivity index (χ0v) is 20.5. The molecule has 0 bridgehead atoms. The van der Waals surface area contributed by atoms with Crippen LogP contribution in [0.3, 0.4) is 0 Å². The first kappa shape index (κ1) is 25.3. The van der Waals surface area contributed by atoms with E-state index in [0.29, 0.717) is 50.6 Å². The average Bonchev–Trinajstić information content (AvgIpc) is 2.83. The molecule has 1 saturated heterocycles. The molecule has 0 unspecified atom stereocenters. The lowest BCUT2D eigenvalue weighted by Crippen LogP contribution is -2.51.